The van der Waals surface area contributed by atoms with Gasteiger partial charge in [-0.05, 0) is 30.5 Å². The van der Waals surface area contributed by atoms with Crippen LogP contribution in [0.5, 0.6) is 0 Å². The molecule has 1 amide bonds. The normalized spacial score (nSPS) is 16.4. The van der Waals surface area contributed by atoms with Crippen LogP contribution in [0, 0.1) is 0 Å². The van der Waals surface area contributed by atoms with Crippen molar-refractivity contribution in [1.29, 1.82) is 0 Å². The third kappa shape index (κ3) is 4.28. The molecule has 7 heteroatoms. The van der Waals surface area contributed by atoms with Crippen molar-refractivity contribution in [2.24, 2.45) is 0 Å². The molecule has 0 atom stereocenters. The number of nitrogens with one attached hydrogen (secondary N) is 1. The highest BCUT2D eigenvalue weighted by atomic mass is 32.2. The monoisotopic (exact) mass is 326 g/mol. The Morgan fingerprint density at radius 2 is 1.77 bits per heavy atom. The Morgan fingerprint density at radius 1 is 1.14 bits per heavy atom. The van der Waals surface area contributed by atoms with E-state index in [0.29, 0.717) is 13.1 Å². The predicted octanol–water partition coefficient (Wildman–Crippen LogP) is 0.512. The molecule has 0 bridgehead atoms. The first-order valence-corrected chi connectivity index (χ1v) is 8.94. The minimum atomic E-state index is -3.42. The van der Waals surface area contributed by atoms with Crippen LogP contribution in [0.25, 0.3) is 0 Å². The van der Waals surface area contributed by atoms with Gasteiger partial charge in [0, 0.05) is 19.6 Å². The van der Waals surface area contributed by atoms with Crippen LogP contribution < -0.4 is 5.32 Å². The van der Waals surface area contributed by atoms with Gasteiger partial charge in [0.25, 0.3) is 0 Å². The number of carbonyl (C=O) groups excluding carboxylic acids is 1. The fraction of sp³-hybridized carbons (Fsp3) is 0.533. The summed E-state index contributed by atoms with van der Waals surface area (Å²) in [6.07, 6.45) is 3.06. The largest absolute Gasteiger partial charge is 0.395 e. The second-order valence-corrected chi connectivity index (χ2v) is 7.30. The molecule has 0 saturated carbocycles. The molecule has 1 aromatic carbocycles. The van der Waals surface area contributed by atoms with E-state index in [4.69, 9.17) is 5.11 Å². The Morgan fingerprint density at radius 3 is 2.36 bits per heavy atom. The quantitative estimate of drug-likeness (QED) is 0.797. The van der Waals surface area contributed by atoms with E-state index >= 15 is 0 Å². The summed E-state index contributed by atoms with van der Waals surface area (Å²) in [5.74, 6) is -0.194. The average Bonchev–Trinajstić information content (AvgIpc) is 2.54. The molecule has 2 rings (SSSR count). The Balaban J connectivity index is 2.03. The van der Waals surface area contributed by atoms with Gasteiger partial charge in [0.1, 0.15) is 0 Å². The summed E-state index contributed by atoms with van der Waals surface area (Å²) in [6, 6.07) is 6.43. The highest BCUT2D eigenvalue weighted by Crippen LogP contribution is 2.20. The summed E-state index contributed by atoms with van der Waals surface area (Å²) in [7, 11) is -3.42. The molecule has 0 spiro atoms. The Kier molecular flexibility index (Phi) is 5.93. The topological polar surface area (TPSA) is 86.7 Å². The number of hydrogen-bond donors (Lipinski definition) is 2. The molecule has 1 fully saturated rings. The van der Waals surface area contributed by atoms with Gasteiger partial charge in [0.2, 0.25) is 15.9 Å². The second-order valence-electron chi connectivity index (χ2n) is 5.36. The van der Waals surface area contributed by atoms with Crippen molar-refractivity contribution < 1.29 is 18.3 Å². The third-order valence-electron chi connectivity index (χ3n) is 3.67. The summed E-state index contributed by atoms with van der Waals surface area (Å²) in [6.45, 7) is 1.28. The van der Waals surface area contributed by atoms with Gasteiger partial charge in [-0.3, -0.25) is 4.79 Å². The summed E-state index contributed by atoms with van der Waals surface area (Å²) < 4.78 is 26.5. The van der Waals surface area contributed by atoms with Gasteiger partial charge in [-0.25, -0.2) is 8.42 Å². The number of nitrogens with zero attached hydrogens (tertiary/aromatic N) is 1. The number of hydrogen-bond acceptors (Lipinski definition) is 4. The number of piperidine rings is 1. The fourth-order valence-corrected chi connectivity index (χ4v) is 3.99. The minimum Gasteiger partial charge on any atom is -0.395 e. The summed E-state index contributed by atoms with van der Waals surface area (Å²) in [5, 5.41) is 11.2. The summed E-state index contributed by atoms with van der Waals surface area (Å²) in [4.78, 5) is 11.8. The fourth-order valence-electron chi connectivity index (χ4n) is 2.48. The van der Waals surface area contributed by atoms with Crippen LogP contribution in [0.2, 0.25) is 0 Å². The van der Waals surface area contributed by atoms with Gasteiger partial charge >= 0.3 is 0 Å². The SMILES string of the molecule is O=C(Cc1ccc(S(=O)(=O)N2CCCCC2)cc1)NCCO. The van der Waals surface area contributed by atoms with E-state index in [1.165, 1.54) is 4.31 Å². The van der Waals surface area contributed by atoms with Crippen LogP contribution in [-0.2, 0) is 21.2 Å². The minimum absolute atomic E-state index is 0.0985. The van der Waals surface area contributed by atoms with Gasteiger partial charge < -0.3 is 10.4 Å². The van der Waals surface area contributed by atoms with Crippen molar-refractivity contribution in [2.45, 2.75) is 30.6 Å². The van der Waals surface area contributed by atoms with Crippen molar-refractivity contribution in [3.05, 3.63) is 29.8 Å². The Hall–Kier alpha value is -1.44. The van der Waals surface area contributed by atoms with E-state index in [2.05, 4.69) is 5.32 Å². The van der Waals surface area contributed by atoms with Crippen LogP contribution in [0.4, 0.5) is 0 Å². The van der Waals surface area contributed by atoms with Crippen molar-refractivity contribution in [3.63, 3.8) is 0 Å². The summed E-state index contributed by atoms with van der Waals surface area (Å²) >= 11 is 0. The van der Waals surface area contributed by atoms with Gasteiger partial charge in [-0.15, -0.1) is 0 Å². The molecule has 1 saturated heterocycles. The zero-order chi connectivity index (χ0) is 16.0. The number of carbonyl (C=O) groups is 1. The molecule has 1 aliphatic heterocycles. The molecule has 1 heterocycles. The van der Waals surface area contributed by atoms with Crippen LogP contribution in [0.15, 0.2) is 29.2 Å². The highest BCUT2D eigenvalue weighted by molar-refractivity contribution is 7.89. The zero-order valence-corrected chi connectivity index (χ0v) is 13.3. The van der Waals surface area contributed by atoms with Crippen molar-refractivity contribution in [3.8, 4) is 0 Å². The smallest absolute Gasteiger partial charge is 0.243 e. The van der Waals surface area contributed by atoms with E-state index in [1.54, 1.807) is 24.3 Å². The van der Waals surface area contributed by atoms with E-state index in [-0.39, 0.29) is 30.4 Å². The molecule has 1 aromatic rings. The molecule has 22 heavy (non-hydrogen) atoms. The first-order chi connectivity index (χ1) is 10.5. The molecular weight excluding hydrogens is 304 g/mol. The lowest BCUT2D eigenvalue weighted by molar-refractivity contribution is -0.120. The molecule has 0 radical (unpaired) electrons. The Labute approximate surface area is 131 Å². The van der Waals surface area contributed by atoms with E-state index < -0.39 is 10.0 Å². The van der Waals surface area contributed by atoms with Gasteiger partial charge in [-0.2, -0.15) is 4.31 Å². The number of benzene rings is 1. The third-order valence-corrected chi connectivity index (χ3v) is 5.59. The lowest BCUT2D eigenvalue weighted by Crippen LogP contribution is -2.35. The molecule has 2 N–H and O–H groups in total. The number of sulfonamides is 1. The van der Waals surface area contributed by atoms with Gasteiger partial charge in [0.15, 0.2) is 0 Å². The number of amides is 1. The first-order valence-electron chi connectivity index (χ1n) is 7.50. The summed E-state index contributed by atoms with van der Waals surface area (Å²) in [5.41, 5.74) is 0.744. The van der Waals surface area contributed by atoms with Crippen LogP contribution >= 0.6 is 0 Å². The van der Waals surface area contributed by atoms with E-state index in [9.17, 15) is 13.2 Å². The lowest BCUT2D eigenvalue weighted by Gasteiger charge is -2.25. The van der Waals surface area contributed by atoms with Gasteiger partial charge in [-0.1, -0.05) is 18.6 Å². The first kappa shape index (κ1) is 16.9. The molecule has 1 aliphatic rings. The van der Waals surface area contributed by atoms with Crippen molar-refractivity contribution in [1.82, 2.24) is 9.62 Å². The molecule has 0 aromatic heterocycles. The second kappa shape index (κ2) is 7.71. The van der Waals surface area contributed by atoms with E-state index in [0.717, 1.165) is 24.8 Å². The molecule has 6 nitrogen and oxygen atoms in total. The molecule has 0 unspecified atom stereocenters. The highest BCUT2D eigenvalue weighted by Gasteiger charge is 2.25. The molecule has 0 aliphatic carbocycles. The number of rotatable bonds is 6. The predicted molar refractivity (Wildman–Crippen MR) is 82.9 cm³/mol. The number of aliphatic hydroxyl groups excluding tert-OH is 1. The van der Waals surface area contributed by atoms with Crippen LogP contribution in [-0.4, -0.2) is 50.0 Å². The lowest BCUT2D eigenvalue weighted by atomic mass is 10.1. The average molecular weight is 326 g/mol. The maximum Gasteiger partial charge on any atom is 0.243 e. The Bertz CT molecular complexity index is 592. The van der Waals surface area contributed by atoms with Crippen molar-refractivity contribution in [2.75, 3.05) is 26.2 Å². The van der Waals surface area contributed by atoms with Crippen molar-refractivity contribution >= 4 is 15.9 Å². The van der Waals surface area contributed by atoms with E-state index in [1.807, 2.05) is 0 Å². The van der Waals surface area contributed by atoms with Crippen LogP contribution in [0.3, 0.4) is 0 Å². The molecule has 122 valence electrons. The van der Waals surface area contributed by atoms with Crippen LogP contribution in [0.1, 0.15) is 24.8 Å². The number of aliphatic hydroxyl groups is 1. The van der Waals surface area contributed by atoms with Gasteiger partial charge in [0.05, 0.1) is 17.9 Å². The maximum atomic E-state index is 12.5. The zero-order valence-electron chi connectivity index (χ0n) is 12.5. The standard InChI is InChI=1S/C15H22N2O4S/c18-11-8-16-15(19)12-13-4-6-14(7-5-13)22(20,21)17-9-2-1-3-10-17/h4-7,18H,1-3,8-12H2,(H,16,19). The maximum absolute atomic E-state index is 12.5. The molecular formula is C15H22N2O4S.